The summed E-state index contributed by atoms with van der Waals surface area (Å²) in [6.45, 7) is 3.75. The maximum absolute atomic E-state index is 10.4. The lowest BCUT2D eigenvalue weighted by Gasteiger charge is -2.02. The SMILES string of the molecule is CCOC(=O)[C@H](C)N.N=C=O. The number of carbonyl (C=O) groups is 1. The Hall–Kier alpha value is -1.19. The smallest absolute Gasteiger partial charge is 0.322 e. The summed E-state index contributed by atoms with van der Waals surface area (Å²) in [6, 6.07) is -0.491. The molecule has 0 radical (unpaired) electrons. The van der Waals surface area contributed by atoms with Gasteiger partial charge >= 0.3 is 5.97 Å². The maximum atomic E-state index is 10.4. The molecule has 0 fully saturated rings. The van der Waals surface area contributed by atoms with Gasteiger partial charge in [0.15, 0.2) is 0 Å². The molecule has 0 bridgehead atoms. The van der Waals surface area contributed by atoms with Crippen LogP contribution in [0.15, 0.2) is 0 Å². The zero-order chi connectivity index (χ0) is 9.28. The van der Waals surface area contributed by atoms with E-state index in [2.05, 4.69) is 4.74 Å². The minimum atomic E-state index is -0.491. The average molecular weight is 160 g/mol. The van der Waals surface area contributed by atoms with Gasteiger partial charge < -0.3 is 10.5 Å². The first-order valence-corrected chi connectivity index (χ1v) is 3.06. The molecule has 0 aromatic rings. The number of carbonyl (C=O) groups excluding carboxylic acids is 2. The highest BCUT2D eigenvalue weighted by molar-refractivity contribution is 5.74. The summed E-state index contributed by atoms with van der Waals surface area (Å²) in [4.78, 5) is 18.7. The fourth-order valence-electron chi connectivity index (χ4n) is 0.274. The van der Waals surface area contributed by atoms with Crippen molar-refractivity contribution in [1.29, 1.82) is 5.41 Å². The van der Waals surface area contributed by atoms with Crippen LogP contribution in [-0.2, 0) is 14.3 Å². The molecule has 0 aromatic heterocycles. The Labute approximate surface area is 65.0 Å². The highest BCUT2D eigenvalue weighted by Crippen LogP contribution is 1.80. The Bertz CT molecular complexity index is 139. The second-order valence-corrected chi connectivity index (χ2v) is 1.64. The monoisotopic (exact) mass is 160 g/mol. The molecular weight excluding hydrogens is 148 g/mol. The van der Waals surface area contributed by atoms with E-state index >= 15 is 0 Å². The number of hydrogen-bond donors (Lipinski definition) is 2. The summed E-state index contributed by atoms with van der Waals surface area (Å²) in [6.07, 6.45) is 0.750. The van der Waals surface area contributed by atoms with Gasteiger partial charge in [-0.3, -0.25) is 4.79 Å². The molecule has 0 unspecified atom stereocenters. The standard InChI is InChI=1S/C5H11NO2.CHNO/c1-3-8-5(7)4(2)6;2-1-3/h4H,3,6H2,1-2H3;2H/t4-;/m0./s1. The van der Waals surface area contributed by atoms with Crippen molar-refractivity contribution in [2.75, 3.05) is 6.61 Å². The van der Waals surface area contributed by atoms with E-state index in [4.69, 9.17) is 15.9 Å². The Morgan fingerprint density at radius 1 is 1.82 bits per heavy atom. The van der Waals surface area contributed by atoms with Crippen molar-refractivity contribution < 1.29 is 14.3 Å². The Kier molecular flexibility index (Phi) is 10.00. The second-order valence-electron chi connectivity index (χ2n) is 1.64. The zero-order valence-electron chi connectivity index (χ0n) is 6.59. The molecule has 0 amide bonds. The Morgan fingerprint density at radius 3 is 2.27 bits per heavy atom. The van der Waals surface area contributed by atoms with Gasteiger partial charge in [0.25, 0.3) is 0 Å². The van der Waals surface area contributed by atoms with E-state index in [-0.39, 0.29) is 5.97 Å². The molecule has 3 N–H and O–H groups in total. The minimum absolute atomic E-state index is 0.340. The van der Waals surface area contributed by atoms with Crippen LogP contribution in [0.4, 0.5) is 0 Å². The largest absolute Gasteiger partial charge is 0.465 e. The molecule has 0 saturated carbocycles. The molecule has 0 aliphatic carbocycles. The van der Waals surface area contributed by atoms with Crippen LogP contribution in [0, 0.1) is 5.41 Å². The molecule has 0 spiro atoms. The van der Waals surface area contributed by atoms with Gasteiger partial charge in [-0.05, 0) is 13.8 Å². The molecule has 0 heterocycles. The lowest BCUT2D eigenvalue weighted by atomic mass is 10.4. The third-order valence-electron chi connectivity index (χ3n) is 0.658. The van der Waals surface area contributed by atoms with Gasteiger partial charge in [-0.25, -0.2) is 10.2 Å². The third kappa shape index (κ3) is 12.1. The number of nitrogens with two attached hydrogens (primary N) is 1. The summed E-state index contributed by atoms with van der Waals surface area (Å²) in [5, 5.41) is 5.40. The summed E-state index contributed by atoms with van der Waals surface area (Å²) >= 11 is 0. The molecule has 11 heavy (non-hydrogen) atoms. The van der Waals surface area contributed by atoms with Crippen molar-refractivity contribution in [2.45, 2.75) is 19.9 Å². The Morgan fingerprint density at radius 2 is 2.18 bits per heavy atom. The van der Waals surface area contributed by atoms with Gasteiger partial charge in [-0.1, -0.05) is 0 Å². The van der Waals surface area contributed by atoms with Crippen LogP contribution in [0.2, 0.25) is 0 Å². The van der Waals surface area contributed by atoms with Crippen molar-refractivity contribution in [3.63, 3.8) is 0 Å². The number of esters is 1. The zero-order valence-corrected chi connectivity index (χ0v) is 6.59. The number of isocyanates is 1. The van der Waals surface area contributed by atoms with E-state index in [0.717, 1.165) is 6.08 Å². The molecule has 5 nitrogen and oxygen atoms in total. The molecule has 5 heteroatoms. The third-order valence-corrected chi connectivity index (χ3v) is 0.658. The fourth-order valence-corrected chi connectivity index (χ4v) is 0.274. The quantitative estimate of drug-likeness (QED) is 0.332. The highest BCUT2D eigenvalue weighted by Gasteiger charge is 2.05. The van der Waals surface area contributed by atoms with E-state index in [1.165, 1.54) is 0 Å². The molecule has 1 atom stereocenters. The van der Waals surface area contributed by atoms with Crippen LogP contribution < -0.4 is 5.73 Å². The van der Waals surface area contributed by atoms with Gasteiger partial charge in [0.1, 0.15) is 6.04 Å². The van der Waals surface area contributed by atoms with Crippen molar-refractivity contribution in [2.24, 2.45) is 5.73 Å². The molecule has 0 saturated heterocycles. The first-order valence-electron chi connectivity index (χ1n) is 3.06. The summed E-state index contributed by atoms with van der Waals surface area (Å²) < 4.78 is 4.54. The van der Waals surface area contributed by atoms with Gasteiger partial charge in [-0.2, -0.15) is 0 Å². The summed E-state index contributed by atoms with van der Waals surface area (Å²) in [5.74, 6) is -0.340. The first-order chi connectivity index (χ1) is 5.09. The van der Waals surface area contributed by atoms with Crippen LogP contribution >= 0.6 is 0 Å². The molecule has 0 rings (SSSR count). The highest BCUT2D eigenvalue weighted by atomic mass is 16.5. The first kappa shape index (κ1) is 12.5. The van der Waals surface area contributed by atoms with Crippen LogP contribution in [0.25, 0.3) is 0 Å². The van der Waals surface area contributed by atoms with Crippen LogP contribution in [0.3, 0.4) is 0 Å². The predicted molar refractivity (Wildman–Crippen MR) is 38.7 cm³/mol. The van der Waals surface area contributed by atoms with E-state index in [0.29, 0.717) is 6.61 Å². The van der Waals surface area contributed by atoms with Gasteiger partial charge in [0.2, 0.25) is 6.08 Å². The molecule has 0 aliphatic rings. The van der Waals surface area contributed by atoms with E-state index in [1.54, 1.807) is 13.8 Å². The van der Waals surface area contributed by atoms with Crippen LogP contribution in [0.1, 0.15) is 13.8 Å². The molecule has 64 valence electrons. The molecule has 0 aromatic carbocycles. The second kappa shape index (κ2) is 8.81. The van der Waals surface area contributed by atoms with Crippen LogP contribution in [-0.4, -0.2) is 24.7 Å². The lowest BCUT2D eigenvalue weighted by molar-refractivity contribution is -0.144. The number of rotatable bonds is 2. The maximum Gasteiger partial charge on any atom is 0.322 e. The van der Waals surface area contributed by atoms with Crippen molar-refractivity contribution >= 4 is 12.0 Å². The van der Waals surface area contributed by atoms with E-state index in [9.17, 15) is 4.79 Å². The Balaban J connectivity index is 0. The van der Waals surface area contributed by atoms with Gasteiger partial charge in [0, 0.05) is 0 Å². The van der Waals surface area contributed by atoms with Crippen molar-refractivity contribution in [3.05, 3.63) is 0 Å². The van der Waals surface area contributed by atoms with Gasteiger partial charge in [0.05, 0.1) is 6.61 Å². The number of hydrogen-bond acceptors (Lipinski definition) is 5. The number of ether oxygens (including phenoxy) is 1. The van der Waals surface area contributed by atoms with Crippen molar-refractivity contribution in [3.8, 4) is 0 Å². The fraction of sp³-hybridized carbons (Fsp3) is 0.667. The summed E-state index contributed by atoms with van der Waals surface area (Å²) in [5.41, 5.74) is 5.15. The lowest BCUT2D eigenvalue weighted by Crippen LogP contribution is -2.28. The molecular formula is C6H12N2O3. The van der Waals surface area contributed by atoms with Crippen LogP contribution in [0.5, 0.6) is 0 Å². The van der Waals surface area contributed by atoms with Crippen molar-refractivity contribution in [1.82, 2.24) is 0 Å². The van der Waals surface area contributed by atoms with E-state index < -0.39 is 6.04 Å². The average Bonchev–Trinajstić information content (AvgIpc) is 1.90. The number of nitrogens with one attached hydrogen (secondary N) is 1. The predicted octanol–water partition coefficient (Wildman–Crippen LogP) is -0.202. The van der Waals surface area contributed by atoms with Gasteiger partial charge in [-0.15, -0.1) is 0 Å². The normalized spacial score (nSPS) is 10.1. The van der Waals surface area contributed by atoms with E-state index in [1.807, 2.05) is 0 Å². The topological polar surface area (TPSA) is 93.2 Å². The minimum Gasteiger partial charge on any atom is -0.465 e. The molecule has 0 aliphatic heterocycles. The summed E-state index contributed by atoms with van der Waals surface area (Å²) in [7, 11) is 0.